The summed E-state index contributed by atoms with van der Waals surface area (Å²) in [6.45, 7) is 0.340. The van der Waals surface area contributed by atoms with E-state index in [-0.39, 0.29) is 5.91 Å². The van der Waals surface area contributed by atoms with Crippen molar-refractivity contribution in [2.75, 3.05) is 0 Å². The van der Waals surface area contributed by atoms with E-state index < -0.39 is 13.2 Å². The van der Waals surface area contributed by atoms with Gasteiger partial charge >= 0.3 is 7.12 Å². The highest BCUT2D eigenvalue weighted by molar-refractivity contribution is 6.61. The van der Waals surface area contributed by atoms with Crippen molar-refractivity contribution in [2.45, 2.75) is 25.5 Å². The Hall–Kier alpha value is -2.44. The van der Waals surface area contributed by atoms with Crippen LogP contribution in [0.25, 0.3) is 0 Å². The largest absolute Gasteiger partial charge is 0.491 e. The number of nitrogens with one attached hydrogen (secondary N) is 1. The Bertz CT molecular complexity index is 735. The summed E-state index contributed by atoms with van der Waals surface area (Å²) in [5, 5.41) is 12.4. The van der Waals surface area contributed by atoms with Crippen LogP contribution in [0.1, 0.15) is 27.9 Å². The average Bonchev–Trinajstić information content (AvgIpc) is 3.00. The van der Waals surface area contributed by atoms with Crippen molar-refractivity contribution >= 4 is 24.8 Å². The molecule has 6 heteroatoms. The van der Waals surface area contributed by atoms with E-state index in [1.807, 2.05) is 30.3 Å². The molecule has 1 amide bonds. The van der Waals surface area contributed by atoms with Gasteiger partial charge in [-0.05, 0) is 41.6 Å². The van der Waals surface area contributed by atoms with Gasteiger partial charge in [0.25, 0.3) is 5.91 Å². The minimum absolute atomic E-state index is 0.331. The third kappa shape index (κ3) is 3.72. The van der Waals surface area contributed by atoms with E-state index in [1.54, 1.807) is 18.2 Å². The summed E-state index contributed by atoms with van der Waals surface area (Å²) in [4.78, 5) is 23.6. The van der Waals surface area contributed by atoms with Crippen LogP contribution in [-0.4, -0.2) is 30.4 Å². The SMILES string of the molecule is O=CC(CCc1ccccc1)NC(=O)c1ccc2c(c1)B(O)OC2. The lowest BCUT2D eigenvalue weighted by Crippen LogP contribution is -2.37. The maximum Gasteiger partial charge on any atom is 0.491 e. The number of rotatable bonds is 6. The van der Waals surface area contributed by atoms with Crippen LogP contribution in [0.4, 0.5) is 0 Å². The summed E-state index contributed by atoms with van der Waals surface area (Å²) in [5.41, 5.74) is 3.01. The second kappa shape index (κ2) is 7.42. The summed E-state index contributed by atoms with van der Waals surface area (Å²) in [7, 11) is -0.993. The Morgan fingerprint density at radius 2 is 2.08 bits per heavy atom. The van der Waals surface area contributed by atoms with Crippen molar-refractivity contribution in [1.29, 1.82) is 0 Å². The van der Waals surface area contributed by atoms with Crippen LogP contribution >= 0.6 is 0 Å². The zero-order chi connectivity index (χ0) is 16.9. The lowest BCUT2D eigenvalue weighted by atomic mass is 9.79. The van der Waals surface area contributed by atoms with Crippen molar-refractivity contribution in [2.24, 2.45) is 0 Å². The number of aldehydes is 1. The molecule has 0 saturated carbocycles. The fourth-order valence-corrected chi connectivity index (χ4v) is 2.75. The topological polar surface area (TPSA) is 75.6 Å². The molecule has 3 rings (SSSR count). The predicted octanol–water partition coefficient (Wildman–Crippen LogP) is 0.834. The number of aryl methyl sites for hydroxylation is 1. The molecule has 24 heavy (non-hydrogen) atoms. The molecular weight excluding hydrogens is 305 g/mol. The molecule has 0 fully saturated rings. The first-order valence-corrected chi connectivity index (χ1v) is 7.90. The normalized spacial score (nSPS) is 14.1. The van der Waals surface area contributed by atoms with Crippen LogP contribution in [0.2, 0.25) is 0 Å². The van der Waals surface area contributed by atoms with Crippen molar-refractivity contribution in [3.05, 3.63) is 65.2 Å². The van der Waals surface area contributed by atoms with E-state index in [4.69, 9.17) is 4.65 Å². The Kier molecular flexibility index (Phi) is 5.08. The van der Waals surface area contributed by atoms with Crippen LogP contribution < -0.4 is 10.8 Å². The van der Waals surface area contributed by atoms with E-state index in [9.17, 15) is 14.6 Å². The van der Waals surface area contributed by atoms with Crippen LogP contribution in [0, 0.1) is 0 Å². The standard InChI is InChI=1S/C18H18BNO4/c21-11-16(9-6-13-4-2-1-3-5-13)20-18(22)14-7-8-15-12-24-19(23)17(15)10-14/h1-5,7-8,10-11,16,23H,6,9,12H2,(H,20,22). The van der Waals surface area contributed by atoms with Gasteiger partial charge in [0.05, 0.1) is 12.6 Å². The molecular formula is C18H18BNO4. The summed E-state index contributed by atoms with van der Waals surface area (Å²) >= 11 is 0. The monoisotopic (exact) mass is 323 g/mol. The van der Waals surface area contributed by atoms with Crippen LogP contribution in [0.5, 0.6) is 0 Å². The Balaban J connectivity index is 1.62. The number of hydrogen-bond acceptors (Lipinski definition) is 4. The Morgan fingerprint density at radius 1 is 1.29 bits per heavy atom. The average molecular weight is 323 g/mol. The van der Waals surface area contributed by atoms with Gasteiger partial charge in [-0.15, -0.1) is 0 Å². The van der Waals surface area contributed by atoms with Gasteiger partial charge in [0.1, 0.15) is 6.29 Å². The highest BCUT2D eigenvalue weighted by Gasteiger charge is 2.28. The Labute approximate surface area is 140 Å². The molecule has 2 N–H and O–H groups in total. The van der Waals surface area contributed by atoms with Gasteiger partial charge in [0.15, 0.2) is 0 Å². The smallest absolute Gasteiger partial charge is 0.423 e. The molecule has 0 radical (unpaired) electrons. The van der Waals surface area contributed by atoms with Crippen LogP contribution in [-0.2, 0) is 22.5 Å². The maximum atomic E-state index is 12.3. The molecule has 0 bridgehead atoms. The van der Waals surface area contributed by atoms with Crippen molar-refractivity contribution in [1.82, 2.24) is 5.32 Å². The molecule has 1 atom stereocenters. The molecule has 1 aliphatic heterocycles. The quantitative estimate of drug-likeness (QED) is 0.610. The highest BCUT2D eigenvalue weighted by atomic mass is 16.5. The summed E-state index contributed by atoms with van der Waals surface area (Å²) in [6.07, 6.45) is 2.00. The van der Waals surface area contributed by atoms with E-state index in [2.05, 4.69) is 5.32 Å². The van der Waals surface area contributed by atoms with Crippen LogP contribution in [0.3, 0.4) is 0 Å². The number of carbonyl (C=O) groups is 2. The zero-order valence-electron chi connectivity index (χ0n) is 13.1. The fourth-order valence-electron chi connectivity index (χ4n) is 2.75. The van der Waals surface area contributed by atoms with E-state index in [0.717, 1.165) is 17.4 Å². The molecule has 5 nitrogen and oxygen atoms in total. The second-order valence-electron chi connectivity index (χ2n) is 5.82. The third-order valence-corrected chi connectivity index (χ3v) is 4.14. The Morgan fingerprint density at radius 3 is 2.83 bits per heavy atom. The van der Waals surface area contributed by atoms with Gasteiger partial charge in [0, 0.05) is 5.56 Å². The molecule has 2 aromatic carbocycles. The lowest BCUT2D eigenvalue weighted by Gasteiger charge is -2.13. The molecule has 1 heterocycles. The molecule has 0 aliphatic carbocycles. The number of benzene rings is 2. The molecule has 0 aromatic heterocycles. The van der Waals surface area contributed by atoms with E-state index in [0.29, 0.717) is 30.5 Å². The molecule has 1 aliphatic rings. The zero-order valence-corrected chi connectivity index (χ0v) is 13.1. The second-order valence-corrected chi connectivity index (χ2v) is 5.82. The minimum atomic E-state index is -0.993. The molecule has 0 saturated heterocycles. The molecule has 1 unspecified atom stereocenters. The number of amides is 1. The first-order valence-electron chi connectivity index (χ1n) is 7.90. The van der Waals surface area contributed by atoms with Crippen molar-refractivity contribution < 1.29 is 19.3 Å². The lowest BCUT2D eigenvalue weighted by molar-refractivity contribution is -0.109. The van der Waals surface area contributed by atoms with Gasteiger partial charge in [0.2, 0.25) is 0 Å². The van der Waals surface area contributed by atoms with Gasteiger partial charge < -0.3 is 19.8 Å². The predicted molar refractivity (Wildman–Crippen MR) is 90.9 cm³/mol. The number of carbonyl (C=O) groups excluding carboxylic acids is 2. The summed E-state index contributed by atoms with van der Waals surface area (Å²) in [5.74, 6) is -0.331. The van der Waals surface area contributed by atoms with Crippen molar-refractivity contribution in [3.63, 3.8) is 0 Å². The summed E-state index contributed by atoms with van der Waals surface area (Å²) < 4.78 is 5.12. The van der Waals surface area contributed by atoms with Gasteiger partial charge in [-0.25, -0.2) is 0 Å². The van der Waals surface area contributed by atoms with E-state index in [1.165, 1.54) is 0 Å². The molecule has 0 spiro atoms. The molecule has 2 aromatic rings. The number of fused-ring (bicyclic) bond motifs is 1. The first kappa shape index (κ1) is 16.4. The first-order chi connectivity index (χ1) is 11.7. The van der Waals surface area contributed by atoms with Crippen LogP contribution in [0.15, 0.2) is 48.5 Å². The molecule has 122 valence electrons. The third-order valence-electron chi connectivity index (χ3n) is 4.14. The summed E-state index contributed by atoms with van der Waals surface area (Å²) in [6, 6.07) is 14.3. The highest BCUT2D eigenvalue weighted by Crippen LogP contribution is 2.12. The van der Waals surface area contributed by atoms with Gasteiger partial charge in [-0.2, -0.15) is 0 Å². The number of hydrogen-bond donors (Lipinski definition) is 2. The van der Waals surface area contributed by atoms with Gasteiger partial charge in [-0.3, -0.25) is 4.79 Å². The van der Waals surface area contributed by atoms with Crippen molar-refractivity contribution in [3.8, 4) is 0 Å². The van der Waals surface area contributed by atoms with E-state index >= 15 is 0 Å². The van der Waals surface area contributed by atoms with Gasteiger partial charge in [-0.1, -0.05) is 36.4 Å². The maximum absolute atomic E-state index is 12.3. The minimum Gasteiger partial charge on any atom is -0.423 e. The fraction of sp³-hybridized carbons (Fsp3) is 0.222.